The topological polar surface area (TPSA) is 52.7 Å². The highest BCUT2D eigenvalue weighted by atomic mass is 16.2. The van der Waals surface area contributed by atoms with Gasteiger partial charge in [0, 0.05) is 13.6 Å². The van der Waals surface area contributed by atoms with Gasteiger partial charge in [0.25, 0.3) is 0 Å². The average molecular weight is 303 g/mol. The number of likely N-dealkylation sites (N-methyl/N-ethyl adjacent to an activating group) is 2. The molecule has 2 amide bonds. The van der Waals surface area contributed by atoms with E-state index in [4.69, 9.17) is 0 Å². The second-order valence-corrected chi connectivity index (χ2v) is 5.59. The van der Waals surface area contributed by atoms with Crippen LogP contribution in [-0.4, -0.2) is 55.8 Å². The Hall–Kier alpha value is -2.14. The minimum absolute atomic E-state index is 0.0267. The van der Waals surface area contributed by atoms with Gasteiger partial charge in [-0.05, 0) is 32.7 Å². The van der Waals surface area contributed by atoms with E-state index >= 15 is 0 Å². The van der Waals surface area contributed by atoms with Crippen LogP contribution in [0.3, 0.4) is 0 Å². The molecule has 5 nitrogen and oxygen atoms in total. The number of hydrogen-bond donors (Lipinski definition) is 1. The summed E-state index contributed by atoms with van der Waals surface area (Å²) in [5.41, 5.74) is 2.35. The molecule has 5 heteroatoms. The van der Waals surface area contributed by atoms with E-state index in [9.17, 15) is 9.59 Å². The van der Waals surface area contributed by atoms with E-state index in [2.05, 4.69) is 41.1 Å². The third-order valence-corrected chi connectivity index (χ3v) is 3.51. The third-order valence-electron chi connectivity index (χ3n) is 3.51. The Morgan fingerprint density at radius 3 is 2.32 bits per heavy atom. The van der Waals surface area contributed by atoms with Gasteiger partial charge in [0.05, 0.1) is 12.6 Å². The fraction of sp³-hybridized carbons (Fsp3) is 0.412. The minimum atomic E-state index is -0.266. The van der Waals surface area contributed by atoms with Gasteiger partial charge in [-0.2, -0.15) is 0 Å². The molecule has 1 N–H and O–H groups in total. The second-order valence-electron chi connectivity index (χ2n) is 5.59. The molecule has 22 heavy (non-hydrogen) atoms. The lowest BCUT2D eigenvalue weighted by atomic mass is 10.0. The molecule has 1 aromatic carbocycles. The van der Waals surface area contributed by atoms with Crippen LogP contribution in [-0.2, 0) is 9.59 Å². The Morgan fingerprint density at radius 2 is 1.82 bits per heavy atom. The molecule has 1 rings (SSSR count). The molecule has 0 saturated heterocycles. The molecule has 120 valence electrons. The van der Waals surface area contributed by atoms with Gasteiger partial charge in [-0.1, -0.05) is 36.4 Å². The Bertz CT molecular complexity index is 523. The maximum absolute atomic E-state index is 11.9. The molecule has 0 aliphatic heterocycles. The number of nitrogens with zero attached hydrogens (tertiary/aromatic N) is 2. The first-order chi connectivity index (χ1) is 10.3. The van der Waals surface area contributed by atoms with Crippen molar-refractivity contribution in [1.82, 2.24) is 15.1 Å². The van der Waals surface area contributed by atoms with Crippen LogP contribution >= 0.6 is 0 Å². The normalized spacial score (nSPS) is 11.9. The summed E-state index contributed by atoms with van der Waals surface area (Å²) in [5, 5.41) is 2.88. The van der Waals surface area contributed by atoms with E-state index in [0.717, 1.165) is 5.56 Å². The summed E-state index contributed by atoms with van der Waals surface area (Å²) >= 11 is 0. The van der Waals surface area contributed by atoms with Crippen molar-refractivity contribution in [2.45, 2.75) is 13.0 Å². The Morgan fingerprint density at radius 1 is 1.23 bits per heavy atom. The molecular formula is C17H25N3O2. The van der Waals surface area contributed by atoms with Gasteiger partial charge in [-0.15, -0.1) is 0 Å². The maximum Gasteiger partial charge on any atom is 0.246 e. The summed E-state index contributed by atoms with van der Waals surface area (Å²) in [6.07, 6.45) is 1.20. The van der Waals surface area contributed by atoms with Crippen molar-refractivity contribution in [3.8, 4) is 0 Å². The lowest BCUT2D eigenvalue weighted by Crippen LogP contribution is -2.41. The molecule has 0 heterocycles. The van der Waals surface area contributed by atoms with Gasteiger partial charge >= 0.3 is 0 Å². The van der Waals surface area contributed by atoms with E-state index in [1.807, 2.05) is 21.0 Å². The Kier molecular flexibility index (Phi) is 6.79. The number of carbonyl (C=O) groups excluding carboxylic acids is 2. The fourth-order valence-corrected chi connectivity index (χ4v) is 2.10. The zero-order valence-corrected chi connectivity index (χ0v) is 13.8. The number of benzene rings is 1. The molecule has 1 unspecified atom stereocenters. The Labute approximate surface area is 132 Å². The van der Waals surface area contributed by atoms with Crippen LogP contribution < -0.4 is 5.32 Å². The molecule has 1 aromatic rings. The van der Waals surface area contributed by atoms with Crippen molar-refractivity contribution < 1.29 is 9.59 Å². The van der Waals surface area contributed by atoms with Gasteiger partial charge in [-0.25, -0.2) is 0 Å². The quantitative estimate of drug-likeness (QED) is 0.774. The number of hydrogen-bond acceptors (Lipinski definition) is 3. The highest BCUT2D eigenvalue weighted by Gasteiger charge is 2.16. The van der Waals surface area contributed by atoms with Crippen molar-refractivity contribution in [3.63, 3.8) is 0 Å². The maximum atomic E-state index is 11.9. The van der Waals surface area contributed by atoms with E-state index in [1.54, 1.807) is 7.05 Å². The predicted molar refractivity (Wildman–Crippen MR) is 88.5 cm³/mol. The molecule has 1 atom stereocenters. The van der Waals surface area contributed by atoms with Gasteiger partial charge < -0.3 is 15.1 Å². The van der Waals surface area contributed by atoms with Crippen molar-refractivity contribution >= 4 is 11.8 Å². The summed E-state index contributed by atoms with van der Waals surface area (Å²) in [6.45, 7) is 5.97. The highest BCUT2D eigenvalue weighted by molar-refractivity contribution is 5.90. The molecule has 0 aliphatic rings. The zero-order valence-electron chi connectivity index (χ0n) is 13.8. The lowest BCUT2D eigenvalue weighted by Gasteiger charge is -2.25. The lowest BCUT2D eigenvalue weighted by molar-refractivity contribution is -0.131. The van der Waals surface area contributed by atoms with Crippen molar-refractivity contribution in [2.75, 3.05) is 34.2 Å². The largest absolute Gasteiger partial charge is 0.353 e. The highest BCUT2D eigenvalue weighted by Crippen LogP contribution is 2.17. The van der Waals surface area contributed by atoms with Gasteiger partial charge in [0.2, 0.25) is 11.8 Å². The van der Waals surface area contributed by atoms with Crippen LogP contribution in [0.25, 0.3) is 0 Å². The molecule has 0 bridgehead atoms. The smallest absolute Gasteiger partial charge is 0.246 e. The minimum Gasteiger partial charge on any atom is -0.353 e. The van der Waals surface area contributed by atoms with Crippen LogP contribution in [0.15, 0.2) is 36.9 Å². The number of carbonyl (C=O) groups is 2. The predicted octanol–water partition coefficient (Wildman–Crippen LogP) is 1.36. The molecule has 0 saturated carbocycles. The van der Waals surface area contributed by atoms with Crippen LogP contribution in [0.1, 0.15) is 17.2 Å². The van der Waals surface area contributed by atoms with Crippen LogP contribution in [0.4, 0.5) is 0 Å². The van der Waals surface area contributed by atoms with Gasteiger partial charge in [0.1, 0.15) is 0 Å². The average Bonchev–Trinajstić information content (AvgIpc) is 2.47. The number of nitrogens with one attached hydrogen (secondary N) is 1. The van der Waals surface area contributed by atoms with Crippen LogP contribution in [0.5, 0.6) is 0 Å². The van der Waals surface area contributed by atoms with Gasteiger partial charge in [0.15, 0.2) is 0 Å². The van der Waals surface area contributed by atoms with E-state index in [-0.39, 0.29) is 24.4 Å². The zero-order chi connectivity index (χ0) is 16.7. The number of amides is 2. The molecule has 0 spiro atoms. The molecular weight excluding hydrogens is 278 g/mol. The van der Waals surface area contributed by atoms with Crippen molar-refractivity contribution in [3.05, 3.63) is 48.0 Å². The number of aryl methyl sites for hydroxylation is 1. The molecule has 0 aliphatic carbocycles. The summed E-state index contributed by atoms with van der Waals surface area (Å²) in [4.78, 5) is 26.7. The van der Waals surface area contributed by atoms with E-state index < -0.39 is 0 Å². The van der Waals surface area contributed by atoms with Crippen LogP contribution in [0, 0.1) is 6.92 Å². The fourth-order valence-electron chi connectivity index (χ4n) is 2.10. The first-order valence-corrected chi connectivity index (χ1v) is 7.22. The van der Waals surface area contributed by atoms with Crippen molar-refractivity contribution in [2.24, 2.45) is 0 Å². The summed E-state index contributed by atoms with van der Waals surface area (Å²) in [6, 6.07) is 8.35. The summed E-state index contributed by atoms with van der Waals surface area (Å²) < 4.78 is 0. The second kappa shape index (κ2) is 8.34. The third kappa shape index (κ3) is 5.33. The molecule has 0 radical (unpaired) electrons. The SMILES string of the molecule is C=CC(=O)N(C)CC(=O)NCC(c1ccc(C)cc1)N(C)C. The first-order valence-electron chi connectivity index (χ1n) is 7.22. The Balaban J connectivity index is 2.61. The monoisotopic (exact) mass is 303 g/mol. The molecule has 0 aromatic heterocycles. The first kappa shape index (κ1) is 17.9. The summed E-state index contributed by atoms with van der Waals surface area (Å²) in [5.74, 6) is -0.450. The van der Waals surface area contributed by atoms with E-state index in [0.29, 0.717) is 6.54 Å². The van der Waals surface area contributed by atoms with E-state index in [1.165, 1.54) is 16.5 Å². The van der Waals surface area contributed by atoms with Crippen molar-refractivity contribution in [1.29, 1.82) is 0 Å². The van der Waals surface area contributed by atoms with Crippen LogP contribution in [0.2, 0.25) is 0 Å². The van der Waals surface area contributed by atoms with Gasteiger partial charge in [-0.3, -0.25) is 9.59 Å². The standard InChI is InChI=1S/C17H25N3O2/c1-6-17(22)20(5)12-16(21)18-11-15(19(3)4)14-9-7-13(2)8-10-14/h6-10,15H,1,11-12H2,2-5H3,(H,18,21). The molecule has 0 fully saturated rings. The summed E-state index contributed by atoms with van der Waals surface area (Å²) in [7, 11) is 5.53. The number of rotatable bonds is 7.